The van der Waals surface area contributed by atoms with Crippen molar-refractivity contribution < 1.29 is 38.1 Å². The van der Waals surface area contributed by atoms with Crippen LogP contribution in [-0.2, 0) is 25.6 Å². The fraction of sp³-hybridized carbons (Fsp3) is 0.410. The van der Waals surface area contributed by atoms with Gasteiger partial charge in [0.15, 0.2) is 0 Å². The van der Waals surface area contributed by atoms with Gasteiger partial charge in [-0.2, -0.15) is 5.26 Å². The van der Waals surface area contributed by atoms with E-state index in [0.29, 0.717) is 42.9 Å². The molecule has 13 heteroatoms. The Morgan fingerprint density at radius 2 is 1.48 bits per heavy atom. The highest BCUT2D eigenvalue weighted by atomic mass is 16.6. The number of carbonyl (C=O) groups excluding carboxylic acids is 4. The zero-order valence-corrected chi connectivity index (χ0v) is 30.8. The molecule has 276 valence electrons. The summed E-state index contributed by atoms with van der Waals surface area (Å²) < 4.78 is 22.7. The van der Waals surface area contributed by atoms with Crippen molar-refractivity contribution >= 4 is 41.2 Å². The van der Waals surface area contributed by atoms with Crippen molar-refractivity contribution in [3.8, 4) is 11.8 Å². The maximum atomic E-state index is 13.9. The lowest BCUT2D eigenvalue weighted by Crippen LogP contribution is -2.44. The van der Waals surface area contributed by atoms with Gasteiger partial charge in [0.05, 0.1) is 29.6 Å². The zero-order chi connectivity index (χ0) is 38.1. The summed E-state index contributed by atoms with van der Waals surface area (Å²) in [6.45, 7) is 11.3. The van der Waals surface area contributed by atoms with Crippen LogP contribution in [0, 0.1) is 11.3 Å². The first-order valence-electron chi connectivity index (χ1n) is 17.1. The highest BCUT2D eigenvalue weighted by Crippen LogP contribution is 2.32. The summed E-state index contributed by atoms with van der Waals surface area (Å²) in [6.07, 6.45) is -0.817. The van der Waals surface area contributed by atoms with E-state index >= 15 is 0 Å². The largest absolute Gasteiger partial charge is 0.490 e. The number of rotatable bonds is 9. The molecule has 0 aliphatic carbocycles. The number of imide groups is 1. The van der Waals surface area contributed by atoms with Gasteiger partial charge in [0.1, 0.15) is 29.7 Å². The number of hydrogen-bond donors (Lipinski definition) is 1. The van der Waals surface area contributed by atoms with Gasteiger partial charge in [-0.3, -0.25) is 9.69 Å². The van der Waals surface area contributed by atoms with Gasteiger partial charge in [-0.15, -0.1) is 0 Å². The van der Waals surface area contributed by atoms with Gasteiger partial charge in [0.2, 0.25) is 0 Å². The third-order valence-corrected chi connectivity index (χ3v) is 7.71. The number of hydrogen-bond acceptors (Lipinski definition) is 10. The molecule has 0 spiro atoms. The van der Waals surface area contributed by atoms with Crippen LogP contribution in [0.15, 0.2) is 72.8 Å². The summed E-state index contributed by atoms with van der Waals surface area (Å²) in [6, 6.07) is 22.3. The second-order valence-electron chi connectivity index (χ2n) is 14.3. The van der Waals surface area contributed by atoms with Gasteiger partial charge in [0, 0.05) is 38.7 Å². The quantitative estimate of drug-likeness (QED) is 0.221. The van der Waals surface area contributed by atoms with E-state index in [1.165, 1.54) is 30.1 Å². The molecule has 0 unspecified atom stereocenters. The van der Waals surface area contributed by atoms with Crippen molar-refractivity contribution in [2.75, 3.05) is 41.8 Å². The third-order valence-electron chi connectivity index (χ3n) is 7.71. The fourth-order valence-electron chi connectivity index (χ4n) is 5.19. The second-order valence-corrected chi connectivity index (χ2v) is 14.3. The monoisotopic (exact) mass is 713 g/mol. The first-order chi connectivity index (χ1) is 24.5. The minimum absolute atomic E-state index is 0.0289. The standard InChI is InChI=1S/C39H47N5O8/c1-38(2,3)51-35(46)42(7)32-18-13-28(24-40)23-33(32)44(37(48)49-26-27-11-9-8-10-12-27)34(45)25-41-29-14-16-30(17-15-29)50-31-19-21-43(22-20-31)36(47)52-39(4,5)6/h8-18,23,31,41H,19-22,25-26H2,1-7H3. The van der Waals surface area contributed by atoms with Gasteiger partial charge >= 0.3 is 18.3 Å². The molecule has 0 atom stereocenters. The van der Waals surface area contributed by atoms with Crippen LogP contribution in [0.5, 0.6) is 5.75 Å². The molecule has 4 rings (SSSR count). The van der Waals surface area contributed by atoms with Gasteiger partial charge in [0.25, 0.3) is 5.91 Å². The fourth-order valence-corrected chi connectivity index (χ4v) is 5.19. The van der Waals surface area contributed by atoms with E-state index in [1.807, 2.05) is 32.9 Å². The Morgan fingerprint density at radius 1 is 0.846 bits per heavy atom. The van der Waals surface area contributed by atoms with Crippen LogP contribution in [0.4, 0.5) is 31.4 Å². The van der Waals surface area contributed by atoms with Crippen LogP contribution < -0.4 is 19.9 Å². The van der Waals surface area contributed by atoms with Crippen LogP contribution in [0.2, 0.25) is 0 Å². The summed E-state index contributed by atoms with van der Waals surface area (Å²) in [5.41, 5.74) is 0.189. The summed E-state index contributed by atoms with van der Waals surface area (Å²) in [4.78, 5) is 56.7. The average molecular weight is 714 g/mol. The Bertz CT molecular complexity index is 1750. The summed E-state index contributed by atoms with van der Waals surface area (Å²) in [5.74, 6) is -0.0779. The van der Waals surface area contributed by atoms with Gasteiger partial charge < -0.3 is 29.2 Å². The molecule has 3 aromatic carbocycles. The van der Waals surface area contributed by atoms with Gasteiger partial charge in [-0.1, -0.05) is 30.3 Å². The molecule has 1 N–H and O–H groups in total. The molecule has 0 saturated carbocycles. The molecular weight excluding hydrogens is 666 g/mol. The first kappa shape index (κ1) is 39.0. The number of piperidine rings is 1. The molecule has 1 aliphatic rings. The van der Waals surface area contributed by atoms with Crippen molar-refractivity contribution in [2.45, 2.75) is 78.3 Å². The molecule has 52 heavy (non-hydrogen) atoms. The molecule has 1 heterocycles. The molecule has 0 bridgehead atoms. The van der Waals surface area contributed by atoms with Crippen molar-refractivity contribution in [2.24, 2.45) is 0 Å². The van der Waals surface area contributed by atoms with Crippen molar-refractivity contribution in [3.05, 3.63) is 83.9 Å². The lowest BCUT2D eigenvalue weighted by Gasteiger charge is -2.33. The third kappa shape index (κ3) is 11.4. The normalized spacial score (nSPS) is 13.3. The van der Waals surface area contributed by atoms with Crippen LogP contribution in [-0.4, -0.2) is 73.1 Å². The first-order valence-corrected chi connectivity index (χ1v) is 17.1. The highest BCUT2D eigenvalue weighted by Gasteiger charge is 2.32. The molecule has 1 aliphatic heterocycles. The Hall–Kier alpha value is -5.77. The number of likely N-dealkylation sites (tertiary alicyclic amines) is 1. The smallest absolute Gasteiger partial charge is 0.421 e. The van der Waals surface area contributed by atoms with Crippen molar-refractivity contribution in [1.29, 1.82) is 5.26 Å². The number of nitrogens with zero attached hydrogens (tertiary/aromatic N) is 4. The molecule has 0 radical (unpaired) electrons. The van der Waals surface area contributed by atoms with E-state index in [-0.39, 0.29) is 42.3 Å². The topological polar surface area (TPSA) is 151 Å². The van der Waals surface area contributed by atoms with Gasteiger partial charge in [-0.25, -0.2) is 19.3 Å². The van der Waals surface area contributed by atoms with E-state index in [0.717, 1.165) is 4.90 Å². The van der Waals surface area contributed by atoms with Crippen LogP contribution in [0.25, 0.3) is 0 Å². The Balaban J connectivity index is 1.48. The van der Waals surface area contributed by atoms with Crippen molar-refractivity contribution in [3.63, 3.8) is 0 Å². The minimum Gasteiger partial charge on any atom is -0.490 e. The van der Waals surface area contributed by atoms with Crippen molar-refractivity contribution in [1.82, 2.24) is 4.90 Å². The predicted molar refractivity (Wildman–Crippen MR) is 196 cm³/mol. The zero-order valence-electron chi connectivity index (χ0n) is 30.8. The minimum atomic E-state index is -0.994. The number of nitriles is 1. The number of benzene rings is 3. The Labute approximate surface area is 305 Å². The summed E-state index contributed by atoms with van der Waals surface area (Å²) >= 11 is 0. The molecule has 4 amide bonds. The summed E-state index contributed by atoms with van der Waals surface area (Å²) in [7, 11) is 1.45. The van der Waals surface area contributed by atoms with Crippen LogP contribution in [0.3, 0.4) is 0 Å². The Kier molecular flexibility index (Phi) is 12.7. The average Bonchev–Trinajstić information content (AvgIpc) is 3.09. The molecule has 0 aromatic heterocycles. The predicted octanol–water partition coefficient (Wildman–Crippen LogP) is 7.49. The number of nitrogens with one attached hydrogen (secondary N) is 1. The number of amides is 4. The number of carbonyl (C=O) groups is 4. The van der Waals surface area contributed by atoms with E-state index in [9.17, 15) is 24.4 Å². The molecule has 3 aromatic rings. The summed E-state index contributed by atoms with van der Waals surface area (Å²) in [5, 5.41) is 12.7. The van der Waals surface area contributed by atoms with Crippen LogP contribution in [0.1, 0.15) is 65.5 Å². The maximum absolute atomic E-state index is 13.9. The molecule has 1 fully saturated rings. The lowest BCUT2D eigenvalue weighted by molar-refractivity contribution is -0.116. The maximum Gasteiger partial charge on any atom is 0.421 e. The molecular formula is C39H47N5O8. The van der Waals surface area contributed by atoms with Crippen LogP contribution >= 0.6 is 0 Å². The van der Waals surface area contributed by atoms with E-state index < -0.39 is 29.3 Å². The van der Waals surface area contributed by atoms with E-state index in [2.05, 4.69) is 5.32 Å². The molecule has 13 nitrogen and oxygen atoms in total. The highest BCUT2D eigenvalue weighted by molar-refractivity contribution is 6.16. The number of anilines is 3. The molecule has 1 saturated heterocycles. The van der Waals surface area contributed by atoms with E-state index in [1.54, 1.807) is 74.2 Å². The van der Waals surface area contributed by atoms with Gasteiger partial charge in [-0.05, 0) is 89.6 Å². The number of ether oxygens (including phenoxy) is 4. The lowest BCUT2D eigenvalue weighted by atomic mass is 10.1. The SMILES string of the molecule is CN(C(=O)OC(C)(C)C)c1ccc(C#N)cc1N(C(=O)CNc1ccc(OC2CCN(C(=O)OC(C)(C)C)CC2)cc1)C(=O)OCc1ccccc1. The Morgan fingerprint density at radius 3 is 2.08 bits per heavy atom. The second kappa shape index (κ2) is 17.0. The van der Waals surface area contributed by atoms with E-state index in [4.69, 9.17) is 18.9 Å².